The molecule has 202 valence electrons. The molecule has 3 aromatic rings. The Morgan fingerprint density at radius 2 is 1.93 bits per heavy atom. The van der Waals surface area contributed by atoms with Crippen LogP contribution >= 0.6 is 0 Å². The Labute approximate surface area is 229 Å². The van der Waals surface area contributed by atoms with Crippen LogP contribution in [0, 0.1) is 18.4 Å². The van der Waals surface area contributed by atoms with E-state index in [4.69, 9.17) is 16.0 Å². The van der Waals surface area contributed by atoms with Crippen LogP contribution in [0.2, 0.25) is 0 Å². The quantitative estimate of drug-likeness (QED) is 0.374. The van der Waals surface area contributed by atoms with Gasteiger partial charge in [0.2, 0.25) is 27.3 Å². The lowest BCUT2D eigenvalue weighted by Gasteiger charge is -2.33. The minimum atomic E-state index is -3.61. The fourth-order valence-electron chi connectivity index (χ4n) is 6.92. The summed E-state index contributed by atoms with van der Waals surface area (Å²) in [6.07, 6.45) is 0.854. The zero-order chi connectivity index (χ0) is 28.0. The molecule has 3 saturated heterocycles. The van der Waals surface area contributed by atoms with Crippen LogP contribution in [0.4, 0.5) is 11.4 Å². The summed E-state index contributed by atoms with van der Waals surface area (Å²) in [5, 5.41) is 12.6. The number of fused-ring (bicyclic) bond motifs is 7. The smallest absolute Gasteiger partial charge is 0.240 e. The van der Waals surface area contributed by atoms with E-state index in [-0.39, 0.29) is 30.1 Å². The van der Waals surface area contributed by atoms with Crippen LogP contribution < -0.4 is 4.90 Å². The van der Waals surface area contributed by atoms with Crippen LogP contribution in [0.25, 0.3) is 21.5 Å². The Morgan fingerprint density at radius 3 is 2.73 bits per heavy atom. The molecule has 2 unspecified atom stereocenters. The van der Waals surface area contributed by atoms with E-state index < -0.39 is 50.8 Å². The highest BCUT2D eigenvalue weighted by Crippen LogP contribution is 2.62. The van der Waals surface area contributed by atoms with Crippen LogP contribution in [-0.2, 0) is 28.9 Å². The van der Waals surface area contributed by atoms with Gasteiger partial charge >= 0.3 is 0 Å². The second-order valence-electron chi connectivity index (χ2n) is 10.8. The number of hydrogen-bond donors (Lipinski definition) is 1. The number of aromatic nitrogens is 1. The highest BCUT2D eigenvalue weighted by Gasteiger charge is 2.77. The molecule has 11 heteroatoms. The van der Waals surface area contributed by atoms with Crippen LogP contribution in [0.3, 0.4) is 0 Å². The number of aliphatic hydroxyl groups excluding tert-OH is 1. The fourth-order valence-corrected chi connectivity index (χ4v) is 8.27. The van der Waals surface area contributed by atoms with E-state index in [0.717, 1.165) is 10.3 Å². The average molecular weight is 558 g/mol. The van der Waals surface area contributed by atoms with Gasteiger partial charge in [-0.3, -0.25) is 14.6 Å². The predicted molar refractivity (Wildman–Crippen MR) is 142 cm³/mol. The Morgan fingerprint density at radius 1 is 1.15 bits per heavy atom. The maximum absolute atomic E-state index is 14.0. The normalized spacial score (nSPS) is 31.3. The lowest BCUT2D eigenvalue weighted by atomic mass is 9.66. The molecule has 5 heterocycles. The molecule has 4 aliphatic rings. The molecule has 2 aromatic carbocycles. The Balaban J connectivity index is 1.22. The van der Waals surface area contributed by atoms with Crippen LogP contribution in [0.15, 0.2) is 65.0 Å². The van der Waals surface area contributed by atoms with E-state index in [2.05, 4.69) is 9.83 Å². The van der Waals surface area contributed by atoms with Gasteiger partial charge in [0.25, 0.3) is 0 Å². The minimum absolute atomic E-state index is 0.00965. The van der Waals surface area contributed by atoms with Crippen molar-refractivity contribution in [1.29, 1.82) is 0 Å². The van der Waals surface area contributed by atoms with Gasteiger partial charge in [-0.2, -0.15) is 0 Å². The van der Waals surface area contributed by atoms with Crippen molar-refractivity contribution >= 4 is 49.7 Å². The summed E-state index contributed by atoms with van der Waals surface area (Å²) in [7, 11) is -3.61. The van der Waals surface area contributed by atoms with Crippen molar-refractivity contribution in [1.82, 2.24) is 4.98 Å². The molecule has 10 nitrogen and oxygen atoms in total. The number of hydrogen-bond acceptors (Lipinski definition) is 8. The van der Waals surface area contributed by atoms with Gasteiger partial charge in [-0.1, -0.05) is 24.3 Å². The SMILES string of the molecule is [C-]#[N+]c1ccc(N2C(=O)[C@@H]3[C@H](C2=O)C2(C)OC3(CCOC3=CS(=O)(=O)c4ccccc43)C[C@H]2O)c2cccnc12. The maximum atomic E-state index is 14.0. The van der Waals surface area contributed by atoms with Crippen molar-refractivity contribution in [3.8, 4) is 0 Å². The van der Waals surface area contributed by atoms with Gasteiger partial charge in [0.15, 0.2) is 0 Å². The first-order valence-electron chi connectivity index (χ1n) is 12.8. The third-order valence-electron chi connectivity index (χ3n) is 8.70. The average Bonchev–Trinajstić information content (AvgIpc) is 3.56. The first kappa shape index (κ1) is 24.9. The molecule has 5 atom stereocenters. The third-order valence-corrected chi connectivity index (χ3v) is 10.2. The van der Waals surface area contributed by atoms with Crippen LogP contribution in [0.5, 0.6) is 0 Å². The molecule has 7 rings (SSSR count). The van der Waals surface area contributed by atoms with Gasteiger partial charge in [-0.15, -0.1) is 0 Å². The van der Waals surface area contributed by atoms with Gasteiger partial charge in [0, 0.05) is 30.0 Å². The molecule has 0 radical (unpaired) electrons. The van der Waals surface area contributed by atoms with Crippen LogP contribution in [0.1, 0.15) is 25.3 Å². The van der Waals surface area contributed by atoms with E-state index in [1.54, 1.807) is 55.6 Å². The monoisotopic (exact) mass is 557 g/mol. The number of ether oxygens (including phenoxy) is 2. The number of benzene rings is 2. The summed E-state index contributed by atoms with van der Waals surface area (Å²) in [4.78, 5) is 37.1. The predicted octanol–water partition coefficient (Wildman–Crippen LogP) is 3.38. The second kappa shape index (κ2) is 8.20. The van der Waals surface area contributed by atoms with Crippen molar-refractivity contribution in [2.24, 2.45) is 11.8 Å². The number of rotatable bonds is 5. The Kier molecular flexibility index (Phi) is 5.11. The molecular formula is C29H23N3O7S. The number of nitrogens with zero attached hydrogens (tertiary/aromatic N) is 3. The topological polar surface area (TPSA) is 127 Å². The standard InChI is InChI=1S/C29H23N3O7S/c1-28-22(33)14-29(39-28,11-13-38-20-15-40(36,37)21-8-4-3-6-17(20)21)24-23(28)26(34)32(27(24)35)19-10-9-18(30-2)25-16(19)7-5-12-31-25/h3-10,12,15,22-24,33H,11,13-14H2,1H3/t22-,23-,24+,28?,29?/m1/s1. The second-order valence-corrected chi connectivity index (χ2v) is 12.5. The number of amides is 2. The maximum Gasteiger partial charge on any atom is 0.240 e. The summed E-state index contributed by atoms with van der Waals surface area (Å²) >= 11 is 0. The number of carbonyl (C=O) groups is 2. The summed E-state index contributed by atoms with van der Waals surface area (Å²) in [5.74, 6) is -2.49. The first-order chi connectivity index (χ1) is 19.1. The molecule has 0 saturated carbocycles. The lowest BCUT2D eigenvalue weighted by molar-refractivity contribution is -0.134. The van der Waals surface area contributed by atoms with Crippen LogP contribution in [-0.4, -0.2) is 54.2 Å². The molecule has 2 bridgehead atoms. The van der Waals surface area contributed by atoms with Crippen molar-refractivity contribution in [3.63, 3.8) is 0 Å². The number of pyridine rings is 1. The summed E-state index contributed by atoms with van der Waals surface area (Å²) in [6, 6.07) is 13.1. The van der Waals surface area contributed by atoms with Gasteiger partial charge in [-0.25, -0.2) is 18.2 Å². The minimum Gasteiger partial charge on any atom is -0.492 e. The van der Waals surface area contributed by atoms with Gasteiger partial charge in [-0.05, 0) is 31.2 Å². The van der Waals surface area contributed by atoms with Crippen molar-refractivity contribution in [2.75, 3.05) is 11.5 Å². The van der Waals surface area contributed by atoms with E-state index in [1.807, 2.05) is 0 Å². The van der Waals surface area contributed by atoms with Gasteiger partial charge in [0.1, 0.15) is 11.4 Å². The zero-order valence-corrected chi connectivity index (χ0v) is 22.1. The number of imide groups is 1. The molecule has 0 spiro atoms. The van der Waals surface area contributed by atoms with Crippen molar-refractivity contribution in [3.05, 3.63) is 77.1 Å². The molecule has 1 N–H and O–H groups in total. The molecule has 3 fully saturated rings. The highest BCUT2D eigenvalue weighted by molar-refractivity contribution is 7.94. The summed E-state index contributed by atoms with van der Waals surface area (Å²) in [6.45, 7) is 9.12. The molecular weight excluding hydrogens is 534 g/mol. The van der Waals surface area contributed by atoms with E-state index in [1.165, 1.54) is 6.07 Å². The highest BCUT2D eigenvalue weighted by atomic mass is 32.2. The largest absolute Gasteiger partial charge is 0.492 e. The zero-order valence-electron chi connectivity index (χ0n) is 21.3. The van der Waals surface area contributed by atoms with Crippen molar-refractivity contribution in [2.45, 2.75) is 42.0 Å². The van der Waals surface area contributed by atoms with Crippen molar-refractivity contribution < 1.29 is 32.6 Å². The first-order valence-corrected chi connectivity index (χ1v) is 14.4. The molecule has 2 amide bonds. The Bertz CT molecular complexity index is 1830. The van der Waals surface area contributed by atoms with E-state index >= 15 is 0 Å². The summed E-state index contributed by atoms with van der Waals surface area (Å²) in [5.41, 5.74) is -0.962. The molecule has 4 aliphatic heterocycles. The van der Waals surface area contributed by atoms with E-state index in [0.29, 0.717) is 27.8 Å². The summed E-state index contributed by atoms with van der Waals surface area (Å²) < 4.78 is 37.3. The molecule has 0 aliphatic carbocycles. The number of aliphatic hydroxyl groups is 1. The fraction of sp³-hybridized carbons (Fsp3) is 0.310. The van der Waals surface area contributed by atoms with Gasteiger partial charge in [0.05, 0.1) is 58.2 Å². The third kappa shape index (κ3) is 3.15. The lowest BCUT2D eigenvalue weighted by Crippen LogP contribution is -2.49. The molecule has 1 aromatic heterocycles. The number of carbonyl (C=O) groups excluding carboxylic acids is 2. The Hall–Kier alpha value is -4.11. The molecule has 40 heavy (non-hydrogen) atoms. The number of anilines is 1. The van der Waals surface area contributed by atoms with E-state index in [9.17, 15) is 23.1 Å². The number of sulfone groups is 1. The van der Waals surface area contributed by atoms with Gasteiger partial charge < -0.3 is 14.6 Å².